The summed E-state index contributed by atoms with van der Waals surface area (Å²) in [5, 5.41) is 0. The highest BCUT2D eigenvalue weighted by Gasteiger charge is 2.22. The van der Waals surface area contributed by atoms with Crippen LogP contribution in [0.5, 0.6) is 0 Å². The highest BCUT2D eigenvalue weighted by atomic mass is 31.2. The van der Waals surface area contributed by atoms with Crippen molar-refractivity contribution in [2.24, 2.45) is 0 Å². The minimum absolute atomic E-state index is 0.0739. The number of rotatable bonds is 24. The molecule has 0 radical (unpaired) electrons. The number of ether oxygens (including phenoxy) is 1. The van der Waals surface area contributed by atoms with Gasteiger partial charge in [-0.05, 0) is 32.1 Å². The van der Waals surface area contributed by atoms with E-state index in [-0.39, 0.29) is 13.2 Å². The molecular weight excluding hydrogens is 425 g/mol. The standard InChI is InChI=1S/C25H52NO5P/c1-5-6-7-8-9-10-11-12-13-14-15-16-17-18-19-20-22-29-24-25-31-32(27,28)30-23-21-26(2,3)4/h12-13H,5-11,14-25H2,1-4H3/p+1/b13-12+. The predicted molar refractivity (Wildman–Crippen MR) is 135 cm³/mol. The van der Waals surface area contributed by atoms with Crippen LogP contribution in [0.4, 0.5) is 0 Å². The Hall–Kier alpha value is -0.230. The van der Waals surface area contributed by atoms with Crippen LogP contribution in [0, 0.1) is 0 Å². The number of quaternary nitrogens is 1. The topological polar surface area (TPSA) is 65.0 Å². The summed E-state index contributed by atoms with van der Waals surface area (Å²) in [6, 6.07) is 0. The van der Waals surface area contributed by atoms with Gasteiger partial charge in [-0.2, -0.15) is 0 Å². The van der Waals surface area contributed by atoms with Crippen molar-refractivity contribution in [1.29, 1.82) is 0 Å². The third-order valence-corrected chi connectivity index (χ3v) is 6.32. The molecule has 0 aromatic carbocycles. The molecule has 0 heterocycles. The van der Waals surface area contributed by atoms with Crippen molar-refractivity contribution >= 4 is 7.82 Å². The van der Waals surface area contributed by atoms with Gasteiger partial charge in [-0.15, -0.1) is 0 Å². The van der Waals surface area contributed by atoms with Crippen LogP contribution in [0.1, 0.15) is 96.8 Å². The van der Waals surface area contributed by atoms with Crippen molar-refractivity contribution in [3.63, 3.8) is 0 Å². The van der Waals surface area contributed by atoms with Gasteiger partial charge in [0.05, 0.1) is 34.4 Å². The van der Waals surface area contributed by atoms with E-state index >= 15 is 0 Å². The summed E-state index contributed by atoms with van der Waals surface area (Å²) in [4.78, 5) is 9.61. The number of hydrogen-bond donors (Lipinski definition) is 1. The van der Waals surface area contributed by atoms with Crippen LogP contribution in [0.15, 0.2) is 12.2 Å². The number of phosphoric acid groups is 1. The van der Waals surface area contributed by atoms with Gasteiger partial charge in [-0.3, -0.25) is 9.05 Å². The van der Waals surface area contributed by atoms with E-state index < -0.39 is 7.82 Å². The molecule has 1 N–H and O–H groups in total. The second-order valence-corrected chi connectivity index (χ2v) is 11.2. The van der Waals surface area contributed by atoms with Gasteiger partial charge in [0.1, 0.15) is 13.2 Å². The molecule has 0 saturated heterocycles. The van der Waals surface area contributed by atoms with E-state index in [1.807, 2.05) is 21.1 Å². The lowest BCUT2D eigenvalue weighted by molar-refractivity contribution is -0.870. The van der Waals surface area contributed by atoms with Crippen LogP contribution in [0.2, 0.25) is 0 Å². The van der Waals surface area contributed by atoms with E-state index in [0.29, 0.717) is 24.2 Å². The molecule has 1 atom stereocenters. The third kappa shape index (κ3) is 26.0. The lowest BCUT2D eigenvalue weighted by Crippen LogP contribution is -2.37. The highest BCUT2D eigenvalue weighted by molar-refractivity contribution is 7.47. The molecule has 7 heteroatoms. The van der Waals surface area contributed by atoms with Gasteiger partial charge in [0.15, 0.2) is 0 Å². The molecule has 0 aromatic heterocycles. The summed E-state index contributed by atoms with van der Waals surface area (Å²) in [6.07, 6.45) is 22.8. The zero-order valence-electron chi connectivity index (χ0n) is 21.6. The Balaban J connectivity index is 3.31. The number of hydrogen-bond acceptors (Lipinski definition) is 4. The maximum absolute atomic E-state index is 11.7. The van der Waals surface area contributed by atoms with Crippen LogP contribution >= 0.6 is 7.82 Å². The first-order valence-electron chi connectivity index (χ1n) is 12.9. The molecule has 0 aliphatic rings. The Morgan fingerprint density at radius 2 is 1.19 bits per heavy atom. The molecule has 0 aliphatic carbocycles. The largest absolute Gasteiger partial charge is 0.472 e. The van der Waals surface area contributed by atoms with Crippen molar-refractivity contribution in [2.45, 2.75) is 96.8 Å². The van der Waals surface area contributed by atoms with Crippen LogP contribution in [0.3, 0.4) is 0 Å². The van der Waals surface area contributed by atoms with E-state index in [1.54, 1.807) is 0 Å². The Kier molecular flexibility index (Phi) is 21.2. The van der Waals surface area contributed by atoms with E-state index in [2.05, 4.69) is 19.1 Å². The fourth-order valence-corrected chi connectivity index (χ4v) is 3.92. The Morgan fingerprint density at radius 1 is 0.688 bits per heavy atom. The van der Waals surface area contributed by atoms with Crippen molar-refractivity contribution in [3.8, 4) is 0 Å². The Bertz CT molecular complexity index is 479. The highest BCUT2D eigenvalue weighted by Crippen LogP contribution is 2.42. The number of phosphoric ester groups is 1. The van der Waals surface area contributed by atoms with E-state index in [1.165, 1.54) is 83.5 Å². The maximum atomic E-state index is 11.7. The molecule has 192 valence electrons. The minimum Gasteiger partial charge on any atom is -0.379 e. The molecule has 1 unspecified atom stereocenters. The molecule has 6 nitrogen and oxygen atoms in total. The maximum Gasteiger partial charge on any atom is 0.472 e. The molecule has 0 bridgehead atoms. The third-order valence-electron chi connectivity index (χ3n) is 5.30. The molecule has 0 amide bonds. The van der Waals surface area contributed by atoms with Gasteiger partial charge in [0.25, 0.3) is 0 Å². The lowest BCUT2D eigenvalue weighted by Gasteiger charge is -2.24. The summed E-state index contributed by atoms with van der Waals surface area (Å²) in [6.45, 7) is 4.15. The lowest BCUT2D eigenvalue weighted by atomic mass is 10.1. The quantitative estimate of drug-likeness (QED) is 0.0709. The molecule has 32 heavy (non-hydrogen) atoms. The first kappa shape index (κ1) is 31.8. The second kappa shape index (κ2) is 21.3. The van der Waals surface area contributed by atoms with Gasteiger partial charge in [0, 0.05) is 6.61 Å². The Morgan fingerprint density at radius 3 is 1.75 bits per heavy atom. The SMILES string of the molecule is CCCCCCCC/C=C/CCCCCCCCOCCOP(=O)(O)OCC[N+](C)(C)C. The molecule has 0 aliphatic heterocycles. The molecule has 0 spiro atoms. The van der Waals surface area contributed by atoms with Gasteiger partial charge in [-0.25, -0.2) is 4.57 Å². The van der Waals surface area contributed by atoms with Gasteiger partial charge in [0.2, 0.25) is 0 Å². The summed E-state index contributed by atoms with van der Waals surface area (Å²) in [5.41, 5.74) is 0. The van der Waals surface area contributed by atoms with Crippen molar-refractivity contribution in [3.05, 3.63) is 12.2 Å². The normalized spacial score (nSPS) is 14.3. The second-order valence-electron chi connectivity index (χ2n) is 9.70. The summed E-state index contributed by atoms with van der Waals surface area (Å²) < 4.78 is 27.8. The minimum atomic E-state index is -3.97. The van der Waals surface area contributed by atoms with Gasteiger partial charge < -0.3 is 14.1 Å². The molecular formula is C25H53NO5P+. The van der Waals surface area contributed by atoms with Gasteiger partial charge in [-0.1, -0.05) is 76.9 Å². The molecule has 0 saturated carbocycles. The zero-order chi connectivity index (χ0) is 24.0. The first-order chi connectivity index (χ1) is 15.3. The monoisotopic (exact) mass is 478 g/mol. The van der Waals surface area contributed by atoms with Gasteiger partial charge >= 0.3 is 7.82 Å². The average molecular weight is 479 g/mol. The van der Waals surface area contributed by atoms with Crippen LogP contribution in [-0.2, 0) is 18.3 Å². The predicted octanol–water partition coefficient (Wildman–Crippen LogP) is 6.88. The summed E-state index contributed by atoms with van der Waals surface area (Å²) in [7, 11) is 2.02. The van der Waals surface area contributed by atoms with E-state index in [4.69, 9.17) is 13.8 Å². The first-order valence-corrected chi connectivity index (χ1v) is 14.4. The summed E-state index contributed by atoms with van der Waals surface area (Å²) in [5.74, 6) is 0. The molecule has 0 aromatic rings. The van der Waals surface area contributed by atoms with Crippen molar-refractivity contribution < 1.29 is 27.7 Å². The molecule has 0 fully saturated rings. The Labute approximate surface area is 198 Å². The average Bonchev–Trinajstić information content (AvgIpc) is 2.71. The van der Waals surface area contributed by atoms with Crippen LogP contribution in [0.25, 0.3) is 0 Å². The summed E-state index contributed by atoms with van der Waals surface area (Å²) >= 11 is 0. The number of unbranched alkanes of at least 4 members (excludes halogenated alkanes) is 12. The zero-order valence-corrected chi connectivity index (χ0v) is 22.5. The number of nitrogens with zero attached hydrogens (tertiary/aromatic N) is 1. The van der Waals surface area contributed by atoms with Crippen molar-refractivity contribution in [2.75, 3.05) is 54.1 Å². The van der Waals surface area contributed by atoms with Crippen LogP contribution < -0.4 is 0 Å². The van der Waals surface area contributed by atoms with E-state index in [9.17, 15) is 9.46 Å². The number of likely N-dealkylation sites (N-methyl/N-ethyl adjacent to an activating group) is 1. The fraction of sp³-hybridized carbons (Fsp3) is 0.920. The number of allylic oxidation sites excluding steroid dienone is 2. The smallest absolute Gasteiger partial charge is 0.379 e. The fourth-order valence-electron chi connectivity index (χ4n) is 3.23. The van der Waals surface area contributed by atoms with E-state index in [0.717, 1.165) is 6.42 Å². The van der Waals surface area contributed by atoms with Crippen LogP contribution in [-0.4, -0.2) is 63.5 Å². The molecule has 0 rings (SSSR count). The van der Waals surface area contributed by atoms with Crippen molar-refractivity contribution in [1.82, 2.24) is 0 Å².